The molecule has 2 fully saturated rings. The van der Waals surface area contributed by atoms with Crippen molar-refractivity contribution < 1.29 is 52.7 Å². The lowest BCUT2D eigenvalue weighted by Gasteiger charge is -2.38. The van der Waals surface area contributed by atoms with Gasteiger partial charge in [0.2, 0.25) is 10.0 Å². The largest absolute Gasteiger partial charge is 0.480 e. The number of aliphatic hydroxyl groups is 1. The zero-order valence-corrected chi connectivity index (χ0v) is 26.9. The average molecular weight is 664 g/mol. The fraction of sp³-hybridized carbons (Fsp3) is 0.821. The van der Waals surface area contributed by atoms with E-state index in [4.69, 9.17) is 9.47 Å². The predicted octanol–water partition coefficient (Wildman–Crippen LogP) is -1.47. The van der Waals surface area contributed by atoms with Gasteiger partial charge in [0.05, 0.1) is 44.9 Å². The van der Waals surface area contributed by atoms with Crippen LogP contribution in [0.2, 0.25) is 0 Å². The molecule has 1 unspecified atom stereocenters. The first-order chi connectivity index (χ1) is 21.3. The number of carbonyl (C=O) groups is 3. The second-order valence-electron chi connectivity index (χ2n) is 12.1. The molecule has 0 spiro atoms. The number of ether oxygens (including phenoxy) is 2. The molecule has 1 saturated carbocycles. The standard InChI is InChI=1S/C28H49N5O11S/c1-45(41,42)33(24-4-2-22(3-5-24)23-19-43-21-44-20-23)15-25(34)14-29-6-8-30(16-26(35)36)10-12-32(18-28(39)40)13-11-31(9-7-29)17-27(37)38/h19,22,24-25,34H,2-18,20-21H2,1H3,(H,35,36)(H,37,38)(H,39,40). The first-order valence-electron chi connectivity index (χ1n) is 15.4. The Morgan fingerprint density at radius 2 is 1.27 bits per heavy atom. The van der Waals surface area contributed by atoms with E-state index in [1.165, 1.54) is 4.31 Å². The highest BCUT2D eigenvalue weighted by molar-refractivity contribution is 7.88. The molecule has 0 radical (unpaired) electrons. The summed E-state index contributed by atoms with van der Waals surface area (Å²) in [7, 11) is -3.64. The van der Waals surface area contributed by atoms with E-state index < -0.39 is 34.0 Å². The van der Waals surface area contributed by atoms with Crippen molar-refractivity contribution in [3.63, 3.8) is 0 Å². The maximum Gasteiger partial charge on any atom is 0.317 e. The van der Waals surface area contributed by atoms with Gasteiger partial charge in [0.1, 0.15) is 0 Å². The van der Waals surface area contributed by atoms with Crippen LogP contribution in [0.1, 0.15) is 25.7 Å². The van der Waals surface area contributed by atoms with Gasteiger partial charge in [0.15, 0.2) is 6.79 Å². The van der Waals surface area contributed by atoms with Gasteiger partial charge in [-0.2, -0.15) is 4.31 Å². The number of sulfonamides is 1. The molecule has 0 aromatic heterocycles. The van der Waals surface area contributed by atoms with Gasteiger partial charge in [-0.3, -0.25) is 34.0 Å². The Hall–Kier alpha value is -2.38. The average Bonchev–Trinajstić information content (AvgIpc) is 2.96. The number of carboxylic acid groups (broad SMARTS) is 3. The van der Waals surface area contributed by atoms with E-state index in [2.05, 4.69) is 0 Å². The smallest absolute Gasteiger partial charge is 0.317 e. The summed E-state index contributed by atoms with van der Waals surface area (Å²) in [6.07, 6.45) is 4.68. The van der Waals surface area contributed by atoms with Crippen LogP contribution in [-0.4, -0.2) is 188 Å². The molecule has 0 amide bonds. The number of aliphatic hydroxyl groups excluding tert-OH is 1. The maximum atomic E-state index is 12.9. The molecule has 1 atom stereocenters. The number of nitrogens with zero attached hydrogens (tertiary/aromatic N) is 5. The van der Waals surface area contributed by atoms with Crippen molar-refractivity contribution in [1.29, 1.82) is 0 Å². The normalized spacial score (nSPS) is 25.0. The molecule has 1 saturated heterocycles. The van der Waals surface area contributed by atoms with Crippen molar-refractivity contribution in [2.75, 3.05) is 105 Å². The number of rotatable bonds is 13. The Kier molecular flexibility index (Phi) is 14.9. The van der Waals surface area contributed by atoms with E-state index in [9.17, 15) is 43.2 Å². The third-order valence-corrected chi connectivity index (χ3v) is 9.87. The molecular weight excluding hydrogens is 614 g/mol. The molecule has 1 aliphatic carbocycles. The highest BCUT2D eigenvalue weighted by Gasteiger charge is 2.34. The van der Waals surface area contributed by atoms with E-state index in [1.807, 2.05) is 4.90 Å². The Balaban J connectivity index is 1.67. The van der Waals surface area contributed by atoms with Crippen LogP contribution in [0.4, 0.5) is 0 Å². The summed E-state index contributed by atoms with van der Waals surface area (Å²) >= 11 is 0. The molecule has 4 N–H and O–H groups in total. The van der Waals surface area contributed by atoms with Crippen molar-refractivity contribution >= 4 is 27.9 Å². The summed E-state index contributed by atoms with van der Waals surface area (Å²) in [5.74, 6) is -2.82. The van der Waals surface area contributed by atoms with Crippen LogP contribution in [0.15, 0.2) is 11.8 Å². The second-order valence-corrected chi connectivity index (χ2v) is 14.1. The predicted molar refractivity (Wildman–Crippen MR) is 162 cm³/mol. The maximum absolute atomic E-state index is 12.9. The summed E-state index contributed by atoms with van der Waals surface area (Å²) in [6.45, 7) is 2.44. The quantitative estimate of drug-likeness (QED) is 0.178. The summed E-state index contributed by atoms with van der Waals surface area (Å²) in [4.78, 5) is 41.4. The van der Waals surface area contributed by atoms with E-state index in [0.29, 0.717) is 45.6 Å². The summed E-state index contributed by atoms with van der Waals surface area (Å²) < 4.78 is 37.8. The van der Waals surface area contributed by atoms with Gasteiger partial charge in [-0.05, 0) is 37.2 Å². The van der Waals surface area contributed by atoms with Gasteiger partial charge in [0, 0.05) is 71.5 Å². The monoisotopic (exact) mass is 663 g/mol. The Morgan fingerprint density at radius 3 is 1.64 bits per heavy atom. The van der Waals surface area contributed by atoms with Crippen molar-refractivity contribution in [1.82, 2.24) is 23.9 Å². The number of β-amino-alcohol motifs (C(OH)–C–C–N with tert-alkyl or cyclic N) is 1. The fourth-order valence-electron chi connectivity index (χ4n) is 6.26. The molecule has 2 aliphatic heterocycles. The highest BCUT2D eigenvalue weighted by Crippen LogP contribution is 2.34. The van der Waals surface area contributed by atoms with Crippen molar-refractivity contribution in [3.05, 3.63) is 11.8 Å². The summed E-state index contributed by atoms with van der Waals surface area (Å²) in [5.41, 5.74) is 1.07. The van der Waals surface area contributed by atoms with Crippen LogP contribution in [0, 0.1) is 5.92 Å². The van der Waals surface area contributed by atoms with E-state index in [0.717, 1.165) is 24.7 Å². The summed E-state index contributed by atoms with van der Waals surface area (Å²) in [5, 5.41) is 39.4. The van der Waals surface area contributed by atoms with Crippen LogP contribution >= 0.6 is 0 Å². The fourth-order valence-corrected chi connectivity index (χ4v) is 7.45. The van der Waals surface area contributed by atoms with Crippen molar-refractivity contribution in [2.24, 2.45) is 5.92 Å². The highest BCUT2D eigenvalue weighted by atomic mass is 32.2. The molecular formula is C28H49N5O11S. The molecule has 17 heteroatoms. The number of hydrogen-bond donors (Lipinski definition) is 4. The topological polar surface area (TPSA) is 201 Å². The molecule has 0 aromatic rings. The second kappa shape index (κ2) is 18.1. The molecule has 2 heterocycles. The number of hydrogen-bond acceptors (Lipinski definition) is 12. The van der Waals surface area contributed by atoms with E-state index >= 15 is 0 Å². The molecule has 0 bridgehead atoms. The lowest BCUT2D eigenvalue weighted by atomic mass is 9.82. The molecule has 16 nitrogen and oxygen atoms in total. The lowest BCUT2D eigenvalue weighted by molar-refractivity contribution is -0.140. The zero-order valence-electron chi connectivity index (χ0n) is 26.0. The van der Waals surface area contributed by atoms with Crippen molar-refractivity contribution in [3.8, 4) is 0 Å². The minimum absolute atomic E-state index is 0.0958. The zero-order chi connectivity index (χ0) is 33.0. The SMILES string of the molecule is CS(=O)(=O)N(CC(O)CN1CCN(CC(=O)O)CCN(CC(=O)O)CCN(CC(=O)O)CC1)C1CCC(C2=COCOC2)CC1. The molecule has 258 valence electrons. The van der Waals surface area contributed by atoms with Crippen LogP contribution < -0.4 is 0 Å². The Bertz CT molecular complexity index is 1080. The minimum atomic E-state index is -3.64. The van der Waals surface area contributed by atoms with Crippen LogP contribution in [0.5, 0.6) is 0 Å². The number of aliphatic carboxylic acids is 3. The van der Waals surface area contributed by atoms with Gasteiger partial charge in [-0.25, -0.2) is 8.42 Å². The van der Waals surface area contributed by atoms with Crippen LogP contribution in [0.3, 0.4) is 0 Å². The minimum Gasteiger partial charge on any atom is -0.480 e. The third kappa shape index (κ3) is 13.5. The van der Waals surface area contributed by atoms with Crippen LogP contribution in [-0.2, 0) is 33.9 Å². The first-order valence-corrected chi connectivity index (χ1v) is 17.2. The molecule has 45 heavy (non-hydrogen) atoms. The summed E-state index contributed by atoms with van der Waals surface area (Å²) in [6, 6.07) is -0.255. The van der Waals surface area contributed by atoms with Crippen LogP contribution in [0.25, 0.3) is 0 Å². The van der Waals surface area contributed by atoms with Gasteiger partial charge in [-0.1, -0.05) is 0 Å². The molecule has 3 rings (SSSR count). The Labute approximate surface area is 264 Å². The molecule has 0 aromatic carbocycles. The van der Waals surface area contributed by atoms with E-state index in [-0.39, 0.29) is 77.7 Å². The lowest BCUT2D eigenvalue weighted by Crippen LogP contribution is -2.51. The first kappa shape index (κ1) is 37.1. The Morgan fingerprint density at radius 1 is 0.822 bits per heavy atom. The molecule has 3 aliphatic rings. The van der Waals surface area contributed by atoms with Gasteiger partial charge in [-0.15, -0.1) is 0 Å². The van der Waals surface area contributed by atoms with Gasteiger partial charge < -0.3 is 29.9 Å². The third-order valence-electron chi connectivity index (χ3n) is 8.58. The van der Waals surface area contributed by atoms with Crippen molar-refractivity contribution in [2.45, 2.75) is 37.8 Å². The number of carboxylic acids is 3. The van der Waals surface area contributed by atoms with Gasteiger partial charge in [0.25, 0.3) is 0 Å². The van der Waals surface area contributed by atoms with E-state index in [1.54, 1.807) is 21.0 Å². The van der Waals surface area contributed by atoms with Gasteiger partial charge >= 0.3 is 17.9 Å².